The van der Waals surface area contributed by atoms with Crippen LogP contribution in [-0.2, 0) is 21.2 Å². The number of carbonyl (C=O) groups excluding carboxylic acids is 1. The van der Waals surface area contributed by atoms with E-state index >= 15 is 0 Å². The fourth-order valence-electron chi connectivity index (χ4n) is 3.13. The minimum Gasteiger partial charge on any atom is -0.383 e. The molecule has 1 heterocycles. The second kappa shape index (κ2) is 9.32. The van der Waals surface area contributed by atoms with Crippen LogP contribution in [0.1, 0.15) is 22.8 Å². The maximum atomic E-state index is 13.2. The summed E-state index contributed by atoms with van der Waals surface area (Å²) in [5, 5.41) is 2.71. The van der Waals surface area contributed by atoms with Gasteiger partial charge in [-0.1, -0.05) is 19.1 Å². The molecular formula is C22H25N3O5S. The molecule has 0 radical (unpaired) electrons. The topological polar surface area (TPSA) is 109 Å². The van der Waals surface area contributed by atoms with Crippen molar-refractivity contribution < 1.29 is 17.9 Å². The molecule has 0 aliphatic rings. The summed E-state index contributed by atoms with van der Waals surface area (Å²) in [4.78, 5) is 28.0. The highest BCUT2D eigenvalue weighted by molar-refractivity contribution is 7.92. The third kappa shape index (κ3) is 4.62. The molecule has 0 aliphatic carbocycles. The Bertz CT molecular complexity index is 1250. The Kier molecular flexibility index (Phi) is 6.77. The Balaban J connectivity index is 1.99. The number of nitrogens with one attached hydrogen (secondary N) is 2. The van der Waals surface area contributed by atoms with Crippen LogP contribution >= 0.6 is 0 Å². The largest absolute Gasteiger partial charge is 0.383 e. The average Bonchev–Trinajstić information content (AvgIpc) is 2.78. The molecule has 3 rings (SSSR count). The van der Waals surface area contributed by atoms with Crippen molar-refractivity contribution >= 4 is 32.5 Å². The Hall–Kier alpha value is -3.17. The minimum absolute atomic E-state index is 0.0375. The van der Waals surface area contributed by atoms with E-state index in [0.29, 0.717) is 17.8 Å². The van der Waals surface area contributed by atoms with Crippen molar-refractivity contribution in [2.75, 3.05) is 31.6 Å². The molecule has 0 aliphatic heterocycles. The Morgan fingerprint density at radius 3 is 2.52 bits per heavy atom. The van der Waals surface area contributed by atoms with Gasteiger partial charge in [-0.2, -0.15) is 0 Å². The van der Waals surface area contributed by atoms with E-state index < -0.39 is 21.4 Å². The first-order valence-electron chi connectivity index (χ1n) is 9.80. The van der Waals surface area contributed by atoms with Crippen molar-refractivity contribution in [3.8, 4) is 0 Å². The lowest BCUT2D eigenvalue weighted by molar-refractivity contribution is 0.0936. The van der Waals surface area contributed by atoms with Crippen LogP contribution in [0.3, 0.4) is 0 Å². The third-order valence-corrected chi connectivity index (χ3v) is 6.84. The molecule has 164 valence electrons. The second-order valence-corrected chi connectivity index (χ2v) is 8.95. The van der Waals surface area contributed by atoms with Crippen molar-refractivity contribution in [3.05, 3.63) is 70.0 Å². The van der Waals surface area contributed by atoms with Crippen molar-refractivity contribution in [1.82, 2.24) is 10.3 Å². The molecular weight excluding hydrogens is 418 g/mol. The first-order valence-corrected chi connectivity index (χ1v) is 11.2. The summed E-state index contributed by atoms with van der Waals surface area (Å²) in [5.74, 6) is -0.554. The van der Waals surface area contributed by atoms with Crippen molar-refractivity contribution in [2.24, 2.45) is 0 Å². The standard InChI is InChI=1S/C22H25N3O5S/c1-4-15-5-7-16(8-6-15)25(2)31(28,29)17-9-10-20-18(13-17)21(26)19(14-24-20)22(27)23-11-12-30-3/h5-10,13-14H,4,11-12H2,1-3H3,(H,23,27)(H,24,26). The zero-order valence-corrected chi connectivity index (χ0v) is 18.5. The number of pyridine rings is 1. The number of fused-ring (bicyclic) bond motifs is 1. The molecule has 1 aromatic heterocycles. The summed E-state index contributed by atoms with van der Waals surface area (Å²) in [6.07, 6.45) is 2.17. The molecule has 2 aromatic carbocycles. The zero-order valence-electron chi connectivity index (χ0n) is 17.6. The molecule has 2 N–H and O–H groups in total. The highest BCUT2D eigenvalue weighted by Crippen LogP contribution is 2.24. The number of sulfonamides is 1. The van der Waals surface area contributed by atoms with Gasteiger partial charge in [-0.15, -0.1) is 0 Å². The molecule has 0 bridgehead atoms. The predicted molar refractivity (Wildman–Crippen MR) is 120 cm³/mol. The number of methoxy groups -OCH3 is 1. The zero-order chi connectivity index (χ0) is 22.6. The van der Waals surface area contributed by atoms with Gasteiger partial charge in [0.15, 0.2) is 0 Å². The van der Waals surface area contributed by atoms with Gasteiger partial charge in [0.2, 0.25) is 5.43 Å². The quantitative estimate of drug-likeness (QED) is 0.519. The molecule has 0 spiro atoms. The number of ether oxygens (including phenoxy) is 1. The predicted octanol–water partition coefficient (Wildman–Crippen LogP) is 2.29. The van der Waals surface area contributed by atoms with Crippen LogP contribution in [-0.4, -0.2) is 46.6 Å². The third-order valence-electron chi connectivity index (χ3n) is 5.06. The highest BCUT2D eigenvalue weighted by atomic mass is 32.2. The molecule has 0 fully saturated rings. The van der Waals surface area contributed by atoms with Gasteiger partial charge < -0.3 is 15.0 Å². The Morgan fingerprint density at radius 2 is 1.87 bits per heavy atom. The summed E-state index contributed by atoms with van der Waals surface area (Å²) in [7, 11) is -0.938. The van der Waals surface area contributed by atoms with Gasteiger partial charge in [-0.05, 0) is 42.3 Å². The van der Waals surface area contributed by atoms with Crippen LogP contribution in [0, 0.1) is 0 Å². The first-order chi connectivity index (χ1) is 14.8. The van der Waals surface area contributed by atoms with Crippen LogP contribution in [0.2, 0.25) is 0 Å². The van der Waals surface area contributed by atoms with Gasteiger partial charge in [-0.3, -0.25) is 13.9 Å². The summed E-state index contributed by atoms with van der Waals surface area (Å²) < 4.78 is 32.4. The highest BCUT2D eigenvalue weighted by Gasteiger charge is 2.23. The van der Waals surface area contributed by atoms with Crippen LogP contribution in [0.4, 0.5) is 5.69 Å². The van der Waals surface area contributed by atoms with Gasteiger partial charge in [-0.25, -0.2) is 8.42 Å². The van der Waals surface area contributed by atoms with Crippen LogP contribution in [0.15, 0.2) is 58.4 Å². The summed E-state index contributed by atoms with van der Waals surface area (Å²) in [5.41, 5.74) is 1.41. The molecule has 1 amide bonds. The van der Waals surface area contributed by atoms with Gasteiger partial charge in [0, 0.05) is 37.8 Å². The number of aromatic amines is 1. The monoisotopic (exact) mass is 443 g/mol. The Morgan fingerprint density at radius 1 is 1.16 bits per heavy atom. The van der Waals surface area contributed by atoms with Crippen LogP contribution in [0.25, 0.3) is 10.9 Å². The lowest BCUT2D eigenvalue weighted by Gasteiger charge is -2.20. The van der Waals surface area contributed by atoms with E-state index in [1.165, 1.54) is 42.9 Å². The SMILES string of the molecule is CCc1ccc(N(C)S(=O)(=O)c2ccc3[nH]cc(C(=O)NCCOC)c(=O)c3c2)cc1. The molecule has 0 saturated carbocycles. The van der Waals surface area contributed by atoms with Gasteiger partial charge in [0.05, 0.1) is 17.2 Å². The maximum absolute atomic E-state index is 13.2. The number of aromatic nitrogens is 1. The molecule has 8 nitrogen and oxygen atoms in total. The number of rotatable bonds is 8. The van der Waals surface area contributed by atoms with Crippen molar-refractivity contribution in [2.45, 2.75) is 18.2 Å². The van der Waals surface area contributed by atoms with E-state index in [-0.39, 0.29) is 22.4 Å². The number of hydrogen-bond acceptors (Lipinski definition) is 5. The maximum Gasteiger partial charge on any atom is 0.264 e. The summed E-state index contributed by atoms with van der Waals surface area (Å²) >= 11 is 0. The van der Waals surface area contributed by atoms with E-state index in [2.05, 4.69) is 10.3 Å². The average molecular weight is 444 g/mol. The van der Waals surface area contributed by atoms with Crippen LogP contribution < -0.4 is 15.1 Å². The number of anilines is 1. The first kappa shape index (κ1) is 22.5. The van der Waals surface area contributed by atoms with Crippen LogP contribution in [0.5, 0.6) is 0 Å². The lowest BCUT2D eigenvalue weighted by atomic mass is 10.1. The number of aryl methyl sites for hydroxylation is 1. The van der Waals surface area contributed by atoms with Crippen molar-refractivity contribution in [3.63, 3.8) is 0 Å². The Labute approximate surface area is 180 Å². The molecule has 0 unspecified atom stereocenters. The van der Waals surface area contributed by atoms with E-state index in [0.717, 1.165) is 12.0 Å². The molecule has 3 aromatic rings. The minimum atomic E-state index is -3.91. The molecule has 9 heteroatoms. The van der Waals surface area contributed by atoms with E-state index in [1.807, 2.05) is 19.1 Å². The molecule has 0 saturated heterocycles. The number of benzene rings is 2. The van der Waals surface area contributed by atoms with Gasteiger partial charge >= 0.3 is 0 Å². The number of H-pyrrole nitrogens is 1. The number of amides is 1. The fourth-order valence-corrected chi connectivity index (χ4v) is 4.35. The molecule has 0 atom stereocenters. The number of carbonyl (C=O) groups is 1. The number of hydrogen-bond donors (Lipinski definition) is 2. The fraction of sp³-hybridized carbons (Fsp3) is 0.273. The smallest absolute Gasteiger partial charge is 0.264 e. The number of nitrogens with zero attached hydrogens (tertiary/aromatic N) is 1. The summed E-state index contributed by atoms with van der Waals surface area (Å²) in [6, 6.07) is 11.5. The molecule has 31 heavy (non-hydrogen) atoms. The van der Waals surface area contributed by atoms with Gasteiger partial charge in [0.1, 0.15) is 5.56 Å². The second-order valence-electron chi connectivity index (χ2n) is 6.98. The summed E-state index contributed by atoms with van der Waals surface area (Å²) in [6.45, 7) is 2.59. The van der Waals surface area contributed by atoms with E-state index in [1.54, 1.807) is 12.1 Å². The van der Waals surface area contributed by atoms with Gasteiger partial charge in [0.25, 0.3) is 15.9 Å². The lowest BCUT2D eigenvalue weighted by Crippen LogP contribution is -2.31. The van der Waals surface area contributed by atoms with Crippen molar-refractivity contribution in [1.29, 1.82) is 0 Å². The van der Waals surface area contributed by atoms with E-state index in [4.69, 9.17) is 4.74 Å². The normalized spacial score (nSPS) is 11.5. The van der Waals surface area contributed by atoms with E-state index in [9.17, 15) is 18.0 Å².